The molecule has 55 heavy (non-hydrogen) atoms. The van der Waals surface area contributed by atoms with Crippen molar-refractivity contribution in [2.75, 3.05) is 27.4 Å². The monoisotopic (exact) mass is 784 g/mol. The average molecular weight is 785 g/mol. The van der Waals surface area contributed by atoms with Gasteiger partial charge in [0.1, 0.15) is 54.9 Å². The van der Waals surface area contributed by atoms with E-state index < -0.39 is 97.8 Å². The Labute approximate surface area is 325 Å². The zero-order valence-electron chi connectivity index (χ0n) is 33.6. The maximum Gasteiger partial charge on any atom is 0.187 e. The van der Waals surface area contributed by atoms with Crippen LogP contribution in [0.15, 0.2) is 22.8 Å². The van der Waals surface area contributed by atoms with Gasteiger partial charge in [0.25, 0.3) is 0 Å². The molecule has 4 aliphatic carbocycles. The fourth-order valence-corrected chi connectivity index (χ4v) is 11.7. The molecule has 8 N–H and O–H groups in total. The minimum atomic E-state index is -1.51. The van der Waals surface area contributed by atoms with Crippen LogP contribution in [0.2, 0.25) is 0 Å². The van der Waals surface area contributed by atoms with Crippen LogP contribution in [-0.2, 0) is 28.4 Å². The summed E-state index contributed by atoms with van der Waals surface area (Å²) >= 11 is 0. The Balaban J connectivity index is 1.43. The minimum absolute atomic E-state index is 0.0384. The second-order valence-corrected chi connectivity index (χ2v) is 18.2. The fourth-order valence-electron chi connectivity index (χ4n) is 11.7. The van der Waals surface area contributed by atoms with Crippen LogP contribution in [0.1, 0.15) is 86.0 Å². The summed E-state index contributed by atoms with van der Waals surface area (Å²) in [5, 5.41) is 88.3. The molecule has 3 saturated carbocycles. The van der Waals surface area contributed by atoms with E-state index in [4.69, 9.17) is 28.4 Å². The molecule has 316 valence electrons. The van der Waals surface area contributed by atoms with Crippen LogP contribution in [-0.4, -0.2) is 154 Å². The number of aliphatic hydroxyl groups is 8. The van der Waals surface area contributed by atoms with Crippen molar-refractivity contribution in [3.05, 3.63) is 22.8 Å². The van der Waals surface area contributed by atoms with Gasteiger partial charge in [0.2, 0.25) is 0 Å². The summed E-state index contributed by atoms with van der Waals surface area (Å²) < 4.78 is 36.0. The van der Waals surface area contributed by atoms with Crippen LogP contribution < -0.4 is 0 Å². The molecule has 0 aromatic heterocycles. The Morgan fingerprint density at radius 3 is 2.27 bits per heavy atom. The zero-order chi connectivity index (χ0) is 40.1. The number of ether oxygens (including phenoxy) is 6. The lowest BCUT2D eigenvalue weighted by atomic mass is 9.47. The lowest BCUT2D eigenvalue weighted by molar-refractivity contribution is -0.318. The smallest absolute Gasteiger partial charge is 0.187 e. The first kappa shape index (κ1) is 43.5. The van der Waals surface area contributed by atoms with Gasteiger partial charge in [-0.25, -0.2) is 0 Å². The number of hydrogen-bond acceptors (Lipinski definition) is 14. The second kappa shape index (κ2) is 17.3. The predicted molar refractivity (Wildman–Crippen MR) is 198 cm³/mol. The minimum Gasteiger partial charge on any atom is -0.394 e. The zero-order valence-corrected chi connectivity index (χ0v) is 33.6. The molecule has 0 radical (unpaired) electrons. The maximum absolute atomic E-state index is 12.4. The SMILES string of the molecule is COC[C@@H](O)[C@@H]1O[C@@H](O[C@@H]2C3=C4C[C@@H](O[C@@H]5O[C@H](CO)[C@@H](O)[C@H](OC)[C@H]5O)[C@H]([C@H](C)CCC=C(C)C)[C@@]4(C)CC[C@@H]3[C@@]3(C)CC[C@@H](O)C[C@@H]3[C@@H]2O)[C@H](O)[C@H]1O. The molecule has 6 aliphatic rings. The first-order chi connectivity index (χ1) is 26.0. The van der Waals surface area contributed by atoms with E-state index in [0.29, 0.717) is 25.7 Å². The summed E-state index contributed by atoms with van der Waals surface area (Å²) in [6.07, 6.45) is -7.98. The Hall–Kier alpha value is -1.08. The van der Waals surface area contributed by atoms with Crippen molar-refractivity contribution in [2.45, 2.75) is 172 Å². The highest BCUT2D eigenvalue weighted by Gasteiger charge is 2.64. The molecule has 6 rings (SSSR count). The fraction of sp³-hybridized carbons (Fsp3) is 0.902. The molecule has 20 atom stereocenters. The Kier molecular flexibility index (Phi) is 13.6. The van der Waals surface area contributed by atoms with Crippen LogP contribution in [0, 0.1) is 34.5 Å². The first-order valence-corrected chi connectivity index (χ1v) is 20.4. The van der Waals surface area contributed by atoms with Crippen LogP contribution in [0.4, 0.5) is 0 Å². The van der Waals surface area contributed by atoms with Gasteiger partial charge in [0.15, 0.2) is 12.6 Å². The Bertz CT molecular complexity index is 1370. The predicted octanol–water partition coefficient (Wildman–Crippen LogP) is 1.32. The van der Waals surface area contributed by atoms with E-state index >= 15 is 0 Å². The third-order valence-corrected chi connectivity index (χ3v) is 14.6. The van der Waals surface area contributed by atoms with Gasteiger partial charge in [-0.2, -0.15) is 0 Å². The molecule has 5 fully saturated rings. The summed E-state index contributed by atoms with van der Waals surface area (Å²) in [6, 6.07) is 0. The lowest BCUT2D eigenvalue weighted by Crippen LogP contribution is -2.60. The molecule has 0 amide bonds. The van der Waals surface area contributed by atoms with E-state index in [-0.39, 0.29) is 35.7 Å². The van der Waals surface area contributed by atoms with Crippen molar-refractivity contribution >= 4 is 0 Å². The third kappa shape index (κ3) is 7.88. The maximum atomic E-state index is 12.4. The van der Waals surface area contributed by atoms with E-state index in [1.165, 1.54) is 19.8 Å². The molecule has 0 spiro atoms. The van der Waals surface area contributed by atoms with Gasteiger partial charge in [-0.3, -0.25) is 0 Å². The first-order valence-electron chi connectivity index (χ1n) is 20.4. The quantitative estimate of drug-likeness (QED) is 0.124. The van der Waals surface area contributed by atoms with Gasteiger partial charge in [0, 0.05) is 14.2 Å². The highest BCUT2D eigenvalue weighted by Crippen LogP contribution is 2.67. The van der Waals surface area contributed by atoms with Crippen molar-refractivity contribution in [2.24, 2.45) is 34.5 Å². The van der Waals surface area contributed by atoms with Gasteiger partial charge < -0.3 is 69.3 Å². The van der Waals surface area contributed by atoms with Crippen molar-refractivity contribution in [3.8, 4) is 0 Å². The van der Waals surface area contributed by atoms with Gasteiger partial charge in [-0.15, -0.1) is 0 Å². The molecular formula is C41H68O14. The van der Waals surface area contributed by atoms with Crippen molar-refractivity contribution in [1.29, 1.82) is 0 Å². The summed E-state index contributed by atoms with van der Waals surface area (Å²) in [5.74, 6) is -0.289. The van der Waals surface area contributed by atoms with E-state index in [1.54, 1.807) is 0 Å². The second-order valence-electron chi connectivity index (χ2n) is 18.2. The van der Waals surface area contributed by atoms with Crippen LogP contribution >= 0.6 is 0 Å². The molecule has 0 aromatic rings. The van der Waals surface area contributed by atoms with Crippen molar-refractivity contribution < 1.29 is 69.3 Å². The molecule has 0 bridgehead atoms. The van der Waals surface area contributed by atoms with E-state index in [1.807, 2.05) is 0 Å². The molecule has 2 aliphatic heterocycles. The van der Waals surface area contributed by atoms with E-state index in [2.05, 4.69) is 40.7 Å². The lowest BCUT2D eigenvalue weighted by Gasteiger charge is -2.60. The number of hydrogen-bond donors (Lipinski definition) is 8. The number of fused-ring (bicyclic) bond motifs is 4. The molecule has 0 aromatic carbocycles. The average Bonchev–Trinajstić information content (AvgIpc) is 3.59. The molecule has 0 unspecified atom stereocenters. The topological polar surface area (TPSA) is 217 Å². The highest BCUT2D eigenvalue weighted by atomic mass is 16.7. The van der Waals surface area contributed by atoms with Gasteiger partial charge >= 0.3 is 0 Å². The molecule has 2 saturated heterocycles. The summed E-state index contributed by atoms with van der Waals surface area (Å²) in [4.78, 5) is 0. The van der Waals surface area contributed by atoms with E-state index in [9.17, 15) is 40.9 Å². The van der Waals surface area contributed by atoms with Gasteiger partial charge in [0.05, 0.1) is 31.5 Å². The summed E-state index contributed by atoms with van der Waals surface area (Å²) in [7, 11) is 2.80. The van der Waals surface area contributed by atoms with Crippen LogP contribution in [0.3, 0.4) is 0 Å². The standard InChI is InChI=1S/C41H68O14/c1-19(2)9-8-10-20(3)29-26(52-39-34(49)37(51-7)31(46)27(17-42)53-39)16-23-28-22(12-14-41(23,29)5)40(4)13-11-21(43)15-24(40)30(45)36(28)55-38-33(48)32(47)35(54-38)25(44)18-50-6/h9,20-22,24-27,29-39,42-49H,8,10-18H2,1-7H3/t20-,21-,22+,24-,25-,26-,27-,29+,30+,31-,32-,33-,34-,35+,36-,37+,38+,39-,40-,41+/m1/s1. The normalized spacial score (nSPS) is 48.2. The number of rotatable bonds is 13. The Morgan fingerprint density at radius 1 is 0.909 bits per heavy atom. The van der Waals surface area contributed by atoms with E-state index in [0.717, 1.165) is 36.8 Å². The molecule has 14 heteroatoms. The number of aliphatic hydroxyl groups excluding tert-OH is 8. The van der Waals surface area contributed by atoms with Crippen molar-refractivity contribution in [3.63, 3.8) is 0 Å². The van der Waals surface area contributed by atoms with Crippen LogP contribution in [0.5, 0.6) is 0 Å². The van der Waals surface area contributed by atoms with Gasteiger partial charge in [-0.05, 0) is 105 Å². The van der Waals surface area contributed by atoms with Gasteiger partial charge in [-0.1, -0.05) is 38.0 Å². The highest BCUT2D eigenvalue weighted by molar-refractivity contribution is 5.40. The van der Waals surface area contributed by atoms with Crippen molar-refractivity contribution in [1.82, 2.24) is 0 Å². The third-order valence-electron chi connectivity index (χ3n) is 14.6. The molecule has 2 heterocycles. The van der Waals surface area contributed by atoms with Crippen LogP contribution in [0.25, 0.3) is 0 Å². The largest absolute Gasteiger partial charge is 0.394 e. The number of methoxy groups -OCH3 is 2. The molecular weight excluding hydrogens is 716 g/mol. The Morgan fingerprint density at radius 2 is 1.62 bits per heavy atom. The number of allylic oxidation sites excluding steroid dienone is 2. The summed E-state index contributed by atoms with van der Waals surface area (Å²) in [6.45, 7) is 10.2. The summed E-state index contributed by atoms with van der Waals surface area (Å²) in [5.41, 5.74) is 2.43. The molecule has 14 nitrogen and oxygen atoms in total.